The van der Waals surface area contributed by atoms with Crippen molar-refractivity contribution in [3.05, 3.63) is 48.5 Å². The maximum Gasteiger partial charge on any atom is 0.310 e. The highest BCUT2D eigenvalue weighted by atomic mass is 32.2. The van der Waals surface area contributed by atoms with E-state index in [0.717, 1.165) is 24.2 Å². The van der Waals surface area contributed by atoms with Crippen LogP contribution in [0, 0.1) is 5.92 Å². The molecule has 180 valence electrons. The van der Waals surface area contributed by atoms with Crippen LogP contribution in [0.4, 0.5) is 11.4 Å². The van der Waals surface area contributed by atoms with Gasteiger partial charge in [0.2, 0.25) is 11.8 Å². The molecule has 1 unspecified atom stereocenters. The molecule has 0 radical (unpaired) electrons. The fourth-order valence-electron chi connectivity index (χ4n) is 4.47. The Bertz CT molecular complexity index is 1010. The van der Waals surface area contributed by atoms with Crippen LogP contribution in [0.1, 0.15) is 26.2 Å². The third kappa shape index (κ3) is 5.38. The summed E-state index contributed by atoms with van der Waals surface area (Å²) in [6.45, 7) is 3.63. The minimum absolute atomic E-state index is 0.0113. The Morgan fingerprint density at radius 1 is 1.06 bits per heavy atom. The minimum atomic E-state index is -0.282. The summed E-state index contributed by atoms with van der Waals surface area (Å²) in [4.78, 5) is 45.5. The number of piperidine rings is 1. The smallest absolute Gasteiger partial charge is 0.310 e. The Hall–Kier alpha value is -3.00. The number of anilines is 2. The average molecular weight is 482 g/mol. The van der Waals surface area contributed by atoms with Gasteiger partial charge in [0.25, 0.3) is 0 Å². The maximum atomic E-state index is 12.9. The van der Waals surface area contributed by atoms with Crippen molar-refractivity contribution in [2.45, 2.75) is 36.0 Å². The number of benzene rings is 2. The van der Waals surface area contributed by atoms with Crippen LogP contribution in [-0.4, -0.2) is 67.4 Å². The van der Waals surface area contributed by atoms with Gasteiger partial charge in [-0.1, -0.05) is 36.0 Å². The zero-order valence-electron chi connectivity index (χ0n) is 19.7. The first-order chi connectivity index (χ1) is 16.5. The standard InChI is InChI=1S/C26H31N3O4S/c1-3-33-26(32)19-9-8-15-28(17-19)25(31)18-27(2)24(30)14-16-29-20-10-4-6-12-22(20)34-23-13-7-5-11-21(23)29/h4-7,10-13,19H,3,8-9,14-18H2,1-2H3. The quantitative estimate of drug-likeness (QED) is 0.558. The largest absolute Gasteiger partial charge is 0.466 e. The summed E-state index contributed by atoms with van der Waals surface area (Å²) >= 11 is 1.74. The molecule has 1 saturated heterocycles. The number of amides is 2. The van der Waals surface area contributed by atoms with Gasteiger partial charge in [-0.05, 0) is 44.0 Å². The number of likely N-dealkylation sites (N-methyl/N-ethyl adjacent to an activating group) is 1. The summed E-state index contributed by atoms with van der Waals surface area (Å²) in [7, 11) is 1.67. The molecule has 2 heterocycles. The number of ether oxygens (including phenoxy) is 1. The highest BCUT2D eigenvalue weighted by molar-refractivity contribution is 7.99. The number of nitrogens with zero attached hydrogens (tertiary/aromatic N) is 3. The molecular weight excluding hydrogens is 450 g/mol. The van der Waals surface area contributed by atoms with Crippen molar-refractivity contribution in [3.63, 3.8) is 0 Å². The SMILES string of the molecule is CCOC(=O)C1CCCN(C(=O)CN(C)C(=O)CCN2c3ccccc3Sc3ccccc32)C1. The molecule has 2 aromatic carbocycles. The molecule has 0 spiro atoms. The number of likely N-dealkylation sites (tertiary alicyclic amines) is 1. The number of carbonyl (C=O) groups is 3. The third-order valence-corrected chi connectivity index (χ3v) is 7.40. The van der Waals surface area contributed by atoms with E-state index >= 15 is 0 Å². The van der Waals surface area contributed by atoms with Gasteiger partial charge < -0.3 is 19.4 Å². The predicted octanol–water partition coefficient (Wildman–Crippen LogP) is 3.94. The Morgan fingerprint density at radius 3 is 2.35 bits per heavy atom. The lowest BCUT2D eigenvalue weighted by Gasteiger charge is -2.34. The second kappa shape index (κ2) is 11.0. The Balaban J connectivity index is 1.35. The monoisotopic (exact) mass is 481 g/mol. The first-order valence-corrected chi connectivity index (χ1v) is 12.6. The first-order valence-electron chi connectivity index (χ1n) is 11.8. The van der Waals surface area contributed by atoms with Gasteiger partial charge in [-0.3, -0.25) is 14.4 Å². The molecule has 1 atom stereocenters. The molecule has 0 saturated carbocycles. The van der Waals surface area contributed by atoms with Gasteiger partial charge >= 0.3 is 5.97 Å². The lowest BCUT2D eigenvalue weighted by Crippen LogP contribution is -2.47. The minimum Gasteiger partial charge on any atom is -0.466 e. The van der Waals surface area contributed by atoms with Gasteiger partial charge in [-0.25, -0.2) is 0 Å². The van der Waals surface area contributed by atoms with E-state index in [1.807, 2.05) is 24.3 Å². The fraction of sp³-hybridized carbons (Fsp3) is 0.423. The summed E-state index contributed by atoms with van der Waals surface area (Å²) in [5.74, 6) is -0.740. The highest BCUT2D eigenvalue weighted by Gasteiger charge is 2.30. The van der Waals surface area contributed by atoms with E-state index in [4.69, 9.17) is 4.74 Å². The topological polar surface area (TPSA) is 70.2 Å². The number of hydrogen-bond donors (Lipinski definition) is 0. The number of hydrogen-bond acceptors (Lipinski definition) is 6. The molecule has 8 heteroatoms. The first kappa shape index (κ1) is 24.1. The lowest BCUT2D eigenvalue weighted by atomic mass is 9.98. The van der Waals surface area contributed by atoms with Crippen molar-refractivity contribution >= 4 is 40.9 Å². The molecule has 0 aliphatic carbocycles. The Kier molecular flexibility index (Phi) is 7.77. The fourth-order valence-corrected chi connectivity index (χ4v) is 5.56. The molecule has 1 fully saturated rings. The van der Waals surface area contributed by atoms with Crippen LogP contribution >= 0.6 is 11.8 Å². The molecule has 2 aliphatic rings. The Morgan fingerprint density at radius 2 is 1.71 bits per heavy atom. The molecular formula is C26H31N3O4S. The van der Waals surface area contributed by atoms with Gasteiger partial charge in [0, 0.05) is 42.9 Å². The summed E-state index contributed by atoms with van der Waals surface area (Å²) < 4.78 is 5.12. The van der Waals surface area contributed by atoms with Crippen LogP contribution < -0.4 is 4.90 Å². The molecule has 0 N–H and O–H groups in total. The van der Waals surface area contributed by atoms with Crippen molar-refractivity contribution in [2.24, 2.45) is 5.92 Å². The van der Waals surface area contributed by atoms with Crippen LogP contribution in [0.5, 0.6) is 0 Å². The number of rotatable bonds is 7. The molecule has 4 rings (SSSR count). The number of esters is 1. The molecule has 2 amide bonds. The van der Waals surface area contributed by atoms with E-state index in [1.54, 1.807) is 30.6 Å². The summed E-state index contributed by atoms with van der Waals surface area (Å²) in [6.07, 6.45) is 1.79. The number of para-hydroxylation sites is 2. The molecule has 2 aliphatic heterocycles. The third-order valence-electron chi connectivity index (χ3n) is 6.27. The normalized spacial score (nSPS) is 16.9. The van der Waals surface area contributed by atoms with Crippen molar-refractivity contribution in [1.29, 1.82) is 0 Å². The van der Waals surface area contributed by atoms with Crippen molar-refractivity contribution in [3.8, 4) is 0 Å². The number of fused-ring (bicyclic) bond motifs is 2. The van der Waals surface area contributed by atoms with E-state index in [2.05, 4.69) is 29.2 Å². The van der Waals surface area contributed by atoms with E-state index in [0.29, 0.717) is 32.7 Å². The van der Waals surface area contributed by atoms with E-state index in [1.165, 1.54) is 14.7 Å². The molecule has 34 heavy (non-hydrogen) atoms. The van der Waals surface area contributed by atoms with Gasteiger partial charge in [0.1, 0.15) is 0 Å². The zero-order valence-corrected chi connectivity index (χ0v) is 20.6. The predicted molar refractivity (Wildman–Crippen MR) is 132 cm³/mol. The Labute approximate surface area is 205 Å². The van der Waals surface area contributed by atoms with E-state index in [-0.39, 0.29) is 30.2 Å². The van der Waals surface area contributed by atoms with Gasteiger partial charge in [-0.2, -0.15) is 0 Å². The van der Waals surface area contributed by atoms with Gasteiger partial charge in [0.15, 0.2) is 0 Å². The highest BCUT2D eigenvalue weighted by Crippen LogP contribution is 2.47. The van der Waals surface area contributed by atoms with Crippen molar-refractivity contribution < 1.29 is 19.1 Å². The van der Waals surface area contributed by atoms with Crippen molar-refractivity contribution in [1.82, 2.24) is 9.80 Å². The summed E-state index contributed by atoms with van der Waals surface area (Å²) in [6, 6.07) is 16.4. The second-order valence-electron chi connectivity index (χ2n) is 8.62. The van der Waals surface area contributed by atoms with Gasteiger partial charge in [-0.15, -0.1) is 0 Å². The van der Waals surface area contributed by atoms with Crippen LogP contribution in [0.3, 0.4) is 0 Å². The lowest BCUT2D eigenvalue weighted by molar-refractivity contribution is -0.152. The van der Waals surface area contributed by atoms with Crippen LogP contribution in [0.15, 0.2) is 58.3 Å². The molecule has 7 nitrogen and oxygen atoms in total. The summed E-state index contributed by atoms with van der Waals surface area (Å²) in [5, 5.41) is 0. The van der Waals surface area contributed by atoms with Crippen LogP contribution in [0.25, 0.3) is 0 Å². The van der Waals surface area contributed by atoms with Crippen molar-refractivity contribution in [2.75, 3.05) is 44.7 Å². The maximum absolute atomic E-state index is 12.9. The second-order valence-corrected chi connectivity index (χ2v) is 9.70. The number of carbonyl (C=O) groups excluding carboxylic acids is 3. The molecule has 0 bridgehead atoms. The van der Waals surface area contributed by atoms with E-state index < -0.39 is 0 Å². The van der Waals surface area contributed by atoms with E-state index in [9.17, 15) is 14.4 Å². The van der Waals surface area contributed by atoms with Crippen LogP contribution in [-0.2, 0) is 19.1 Å². The molecule has 0 aromatic heterocycles. The summed E-state index contributed by atoms with van der Waals surface area (Å²) in [5.41, 5.74) is 2.19. The van der Waals surface area contributed by atoms with Gasteiger partial charge in [0.05, 0.1) is 30.4 Å². The molecule has 2 aromatic rings. The zero-order chi connectivity index (χ0) is 24.1. The average Bonchev–Trinajstić information content (AvgIpc) is 2.86. The van der Waals surface area contributed by atoms with Crippen LogP contribution in [0.2, 0.25) is 0 Å².